The Bertz CT molecular complexity index is 652. The van der Waals surface area contributed by atoms with Crippen molar-refractivity contribution in [2.45, 2.75) is 19.9 Å². The van der Waals surface area contributed by atoms with Crippen LogP contribution >= 0.6 is 0 Å². The summed E-state index contributed by atoms with van der Waals surface area (Å²) in [4.78, 5) is 10.8. The van der Waals surface area contributed by atoms with Gasteiger partial charge in [0.15, 0.2) is 0 Å². The van der Waals surface area contributed by atoms with Gasteiger partial charge in [-0.2, -0.15) is 0 Å². The Morgan fingerprint density at radius 2 is 2.15 bits per heavy atom. The fourth-order valence-electron chi connectivity index (χ4n) is 1.87. The van der Waals surface area contributed by atoms with Crippen molar-refractivity contribution in [2.24, 2.45) is 0 Å². The van der Waals surface area contributed by atoms with Crippen LogP contribution in [0.5, 0.6) is 0 Å². The average Bonchev–Trinajstić information content (AvgIpc) is 2.79. The van der Waals surface area contributed by atoms with Gasteiger partial charge >= 0.3 is 5.97 Å². The maximum atomic E-state index is 13.6. The van der Waals surface area contributed by atoms with Crippen molar-refractivity contribution in [1.82, 2.24) is 0 Å². The molecule has 1 unspecified atom stereocenters. The monoisotopic (exact) mass is 278 g/mol. The average molecular weight is 278 g/mol. The maximum absolute atomic E-state index is 13.6. The molecule has 4 N–H and O–H groups in total. The highest BCUT2D eigenvalue weighted by Crippen LogP contribution is 2.27. The second-order valence-corrected chi connectivity index (χ2v) is 4.54. The molecule has 2 aromatic rings. The molecule has 0 fully saturated rings. The number of carboxylic acids is 1. The van der Waals surface area contributed by atoms with Crippen molar-refractivity contribution in [3.8, 4) is 0 Å². The Morgan fingerprint density at radius 1 is 1.45 bits per heavy atom. The van der Waals surface area contributed by atoms with Crippen LogP contribution < -0.4 is 11.1 Å². The Balaban J connectivity index is 2.25. The van der Waals surface area contributed by atoms with E-state index >= 15 is 0 Å². The molecule has 0 aliphatic rings. The molecule has 0 bridgehead atoms. The molecule has 1 aromatic heterocycles. The van der Waals surface area contributed by atoms with E-state index in [1.165, 1.54) is 0 Å². The molecule has 1 aromatic carbocycles. The Kier molecular flexibility index (Phi) is 3.65. The van der Waals surface area contributed by atoms with Gasteiger partial charge in [0.2, 0.25) is 0 Å². The fraction of sp³-hybridized carbons (Fsp3) is 0.214. The highest BCUT2D eigenvalue weighted by molar-refractivity contribution is 5.90. The van der Waals surface area contributed by atoms with E-state index in [1.807, 2.05) is 26.0 Å². The summed E-state index contributed by atoms with van der Waals surface area (Å²) in [6, 6.07) is 5.59. The van der Waals surface area contributed by atoms with Crippen LogP contribution in [0.25, 0.3) is 0 Å². The predicted octanol–water partition coefficient (Wildman–Crippen LogP) is 3.18. The number of nitrogen functional groups attached to an aromatic ring is 1. The third-order valence-electron chi connectivity index (χ3n) is 2.93. The minimum atomic E-state index is -1.35. The lowest BCUT2D eigenvalue weighted by atomic mass is 10.1. The van der Waals surface area contributed by atoms with Gasteiger partial charge in [0.1, 0.15) is 17.3 Å². The molecule has 6 heteroatoms. The van der Waals surface area contributed by atoms with Crippen LogP contribution in [0.2, 0.25) is 0 Å². The van der Waals surface area contributed by atoms with Crippen LogP contribution in [0.3, 0.4) is 0 Å². The lowest BCUT2D eigenvalue weighted by Gasteiger charge is -2.15. The Morgan fingerprint density at radius 3 is 2.70 bits per heavy atom. The number of hydrogen-bond acceptors (Lipinski definition) is 4. The number of rotatable bonds is 4. The number of furan rings is 1. The van der Waals surface area contributed by atoms with E-state index in [1.54, 1.807) is 0 Å². The third-order valence-corrected chi connectivity index (χ3v) is 2.93. The van der Waals surface area contributed by atoms with Crippen molar-refractivity contribution in [3.05, 3.63) is 47.2 Å². The molecule has 0 saturated heterocycles. The second-order valence-electron chi connectivity index (χ2n) is 4.54. The van der Waals surface area contributed by atoms with E-state index in [9.17, 15) is 9.18 Å². The fourth-order valence-corrected chi connectivity index (χ4v) is 1.87. The van der Waals surface area contributed by atoms with Crippen LogP contribution in [0, 0.1) is 12.7 Å². The van der Waals surface area contributed by atoms with E-state index in [-0.39, 0.29) is 11.7 Å². The molecule has 20 heavy (non-hydrogen) atoms. The highest BCUT2D eigenvalue weighted by atomic mass is 19.1. The van der Waals surface area contributed by atoms with Gasteiger partial charge in [-0.1, -0.05) is 0 Å². The molecule has 0 amide bonds. The molecule has 106 valence electrons. The van der Waals surface area contributed by atoms with Crippen LogP contribution in [-0.4, -0.2) is 11.1 Å². The zero-order valence-corrected chi connectivity index (χ0v) is 11.1. The lowest BCUT2D eigenvalue weighted by Crippen LogP contribution is -2.10. The largest absolute Gasteiger partial charge is 0.478 e. The van der Waals surface area contributed by atoms with Gasteiger partial charge < -0.3 is 20.6 Å². The van der Waals surface area contributed by atoms with Crippen LogP contribution in [0.1, 0.15) is 34.8 Å². The van der Waals surface area contributed by atoms with Gasteiger partial charge in [0.05, 0.1) is 23.0 Å². The quantitative estimate of drug-likeness (QED) is 0.747. The summed E-state index contributed by atoms with van der Waals surface area (Å²) < 4.78 is 19.1. The number of carbonyl (C=O) groups is 1. The lowest BCUT2D eigenvalue weighted by molar-refractivity contribution is 0.0692. The van der Waals surface area contributed by atoms with Gasteiger partial charge in [-0.05, 0) is 38.1 Å². The first-order valence-corrected chi connectivity index (χ1v) is 6.03. The molecule has 5 nitrogen and oxygen atoms in total. The van der Waals surface area contributed by atoms with E-state index in [0.717, 1.165) is 17.9 Å². The summed E-state index contributed by atoms with van der Waals surface area (Å²) in [5.74, 6) is -0.730. The van der Waals surface area contributed by atoms with E-state index in [2.05, 4.69) is 5.32 Å². The third kappa shape index (κ3) is 2.74. The molecule has 0 radical (unpaired) electrons. The Hall–Kier alpha value is -2.50. The van der Waals surface area contributed by atoms with Gasteiger partial charge in [-0.25, -0.2) is 9.18 Å². The molecule has 0 aliphatic heterocycles. The molecule has 0 saturated carbocycles. The van der Waals surface area contributed by atoms with Crippen molar-refractivity contribution < 1.29 is 18.7 Å². The first-order chi connectivity index (χ1) is 9.38. The number of nitrogens with two attached hydrogens (primary N) is 1. The van der Waals surface area contributed by atoms with Gasteiger partial charge in [-0.15, -0.1) is 0 Å². The standard InChI is InChI=1S/C14H15FN2O3/c1-7-3-4-13(20-7)8(2)17-12-6-10(15)9(14(18)19)5-11(12)16/h3-6,8,17H,16H2,1-2H3,(H,18,19). The smallest absolute Gasteiger partial charge is 0.338 e. The number of aromatic carboxylic acids is 1. The molecule has 2 rings (SSSR count). The van der Waals surface area contributed by atoms with Crippen molar-refractivity contribution >= 4 is 17.3 Å². The zero-order chi connectivity index (χ0) is 14.9. The van der Waals surface area contributed by atoms with E-state index in [0.29, 0.717) is 11.4 Å². The first kappa shape index (κ1) is 13.9. The number of nitrogens with one attached hydrogen (secondary N) is 1. The van der Waals surface area contributed by atoms with Crippen molar-refractivity contribution in [3.63, 3.8) is 0 Å². The SMILES string of the molecule is Cc1ccc(C(C)Nc2cc(F)c(C(=O)O)cc2N)o1. The van der Waals surface area contributed by atoms with Gasteiger partial charge in [-0.3, -0.25) is 0 Å². The Labute approximate surface area is 115 Å². The van der Waals surface area contributed by atoms with Crippen LogP contribution in [0.4, 0.5) is 15.8 Å². The number of benzene rings is 1. The topological polar surface area (TPSA) is 88.5 Å². The highest BCUT2D eigenvalue weighted by Gasteiger charge is 2.16. The second kappa shape index (κ2) is 5.24. The molecule has 0 aliphatic carbocycles. The molecular formula is C14H15FN2O3. The summed E-state index contributed by atoms with van der Waals surface area (Å²) in [6.45, 7) is 3.66. The van der Waals surface area contributed by atoms with Gasteiger partial charge in [0, 0.05) is 0 Å². The summed E-state index contributed by atoms with van der Waals surface area (Å²) in [5.41, 5.74) is 5.78. The van der Waals surface area contributed by atoms with Crippen molar-refractivity contribution in [2.75, 3.05) is 11.1 Å². The molecule has 0 spiro atoms. The van der Waals surface area contributed by atoms with E-state index in [4.69, 9.17) is 15.3 Å². The van der Waals surface area contributed by atoms with Crippen molar-refractivity contribution in [1.29, 1.82) is 0 Å². The number of hydrogen-bond donors (Lipinski definition) is 3. The van der Waals surface area contributed by atoms with E-state index < -0.39 is 17.3 Å². The summed E-state index contributed by atoms with van der Waals surface area (Å²) in [6.07, 6.45) is 0. The summed E-state index contributed by atoms with van der Waals surface area (Å²) in [5, 5.41) is 11.8. The molecule has 1 heterocycles. The van der Waals surface area contributed by atoms with Gasteiger partial charge in [0.25, 0.3) is 0 Å². The minimum absolute atomic E-state index is 0.166. The zero-order valence-electron chi connectivity index (χ0n) is 11.1. The van der Waals surface area contributed by atoms with Crippen LogP contribution in [0.15, 0.2) is 28.7 Å². The number of aryl methyl sites for hydroxylation is 1. The number of halogens is 1. The van der Waals surface area contributed by atoms with Crippen LogP contribution in [-0.2, 0) is 0 Å². The molecular weight excluding hydrogens is 263 g/mol. The first-order valence-electron chi connectivity index (χ1n) is 6.03. The number of carboxylic acid groups (broad SMARTS) is 1. The summed E-state index contributed by atoms with van der Waals surface area (Å²) >= 11 is 0. The summed E-state index contributed by atoms with van der Waals surface area (Å²) in [7, 11) is 0. The minimum Gasteiger partial charge on any atom is -0.478 e. The predicted molar refractivity (Wildman–Crippen MR) is 73.3 cm³/mol. The molecule has 1 atom stereocenters. The number of anilines is 2. The maximum Gasteiger partial charge on any atom is 0.338 e. The normalized spacial score (nSPS) is 12.2.